The molecule has 0 bridgehead atoms. The molecule has 0 fully saturated rings. The van der Waals surface area contributed by atoms with Crippen LogP contribution in [0.1, 0.15) is 17.4 Å². The van der Waals surface area contributed by atoms with E-state index in [1.165, 1.54) is 0 Å². The van der Waals surface area contributed by atoms with Gasteiger partial charge in [0.1, 0.15) is 5.76 Å². The van der Waals surface area contributed by atoms with Gasteiger partial charge in [-0.3, -0.25) is 0 Å². The Bertz CT molecular complexity index is 364. The Labute approximate surface area is 82.8 Å². The number of hydrogen-bond acceptors (Lipinski definition) is 2. The van der Waals surface area contributed by atoms with E-state index in [0.29, 0.717) is 6.42 Å². The van der Waals surface area contributed by atoms with Crippen LogP contribution in [0.15, 0.2) is 53.1 Å². The minimum Gasteiger partial charge on any atom is -0.469 e. The molecule has 1 atom stereocenters. The summed E-state index contributed by atoms with van der Waals surface area (Å²) in [7, 11) is 0. The summed E-state index contributed by atoms with van der Waals surface area (Å²) in [5.74, 6) is 0.807. The van der Waals surface area contributed by atoms with Crippen molar-refractivity contribution in [1.82, 2.24) is 0 Å². The van der Waals surface area contributed by atoms with Crippen molar-refractivity contribution in [2.45, 2.75) is 12.5 Å². The fraction of sp³-hybridized carbons (Fsp3) is 0.167. The Morgan fingerprint density at radius 1 is 1.07 bits per heavy atom. The average Bonchev–Trinajstić information content (AvgIpc) is 2.72. The van der Waals surface area contributed by atoms with Crippen LogP contribution in [0.4, 0.5) is 0 Å². The topological polar surface area (TPSA) is 33.4 Å². The molecule has 1 aromatic carbocycles. The van der Waals surface area contributed by atoms with E-state index in [4.69, 9.17) is 4.42 Å². The Kier molecular flexibility index (Phi) is 2.65. The smallest absolute Gasteiger partial charge is 0.106 e. The average molecular weight is 188 g/mol. The van der Waals surface area contributed by atoms with Gasteiger partial charge in [0.15, 0.2) is 0 Å². The van der Waals surface area contributed by atoms with E-state index in [1.807, 2.05) is 42.5 Å². The van der Waals surface area contributed by atoms with Gasteiger partial charge in [0.25, 0.3) is 0 Å². The quantitative estimate of drug-likeness (QED) is 0.803. The van der Waals surface area contributed by atoms with Crippen LogP contribution in [-0.4, -0.2) is 5.11 Å². The molecule has 2 heteroatoms. The summed E-state index contributed by atoms with van der Waals surface area (Å²) < 4.78 is 5.17. The molecule has 0 amide bonds. The molecule has 14 heavy (non-hydrogen) atoms. The molecule has 1 heterocycles. The van der Waals surface area contributed by atoms with Gasteiger partial charge in [-0.15, -0.1) is 0 Å². The molecule has 0 aliphatic heterocycles. The molecule has 0 aliphatic carbocycles. The van der Waals surface area contributed by atoms with Crippen LogP contribution in [-0.2, 0) is 6.42 Å². The van der Waals surface area contributed by atoms with Crippen LogP contribution in [0.25, 0.3) is 0 Å². The molecule has 0 unspecified atom stereocenters. The Hall–Kier alpha value is -1.54. The zero-order valence-electron chi connectivity index (χ0n) is 7.76. The van der Waals surface area contributed by atoms with E-state index in [1.54, 1.807) is 6.26 Å². The first-order valence-corrected chi connectivity index (χ1v) is 4.61. The fourth-order valence-corrected chi connectivity index (χ4v) is 1.41. The van der Waals surface area contributed by atoms with E-state index in [9.17, 15) is 5.11 Å². The van der Waals surface area contributed by atoms with Crippen molar-refractivity contribution in [3.8, 4) is 0 Å². The van der Waals surface area contributed by atoms with Crippen molar-refractivity contribution in [2.24, 2.45) is 0 Å². The zero-order chi connectivity index (χ0) is 9.80. The van der Waals surface area contributed by atoms with E-state index in [-0.39, 0.29) is 0 Å². The number of rotatable bonds is 3. The van der Waals surface area contributed by atoms with Crippen molar-refractivity contribution in [3.05, 3.63) is 60.1 Å². The SMILES string of the molecule is O[C@H](Cc1ccco1)c1ccccc1. The van der Waals surface area contributed by atoms with Crippen LogP contribution < -0.4 is 0 Å². The van der Waals surface area contributed by atoms with E-state index < -0.39 is 6.10 Å². The lowest BCUT2D eigenvalue weighted by Crippen LogP contribution is -2.00. The van der Waals surface area contributed by atoms with Gasteiger partial charge in [-0.1, -0.05) is 30.3 Å². The molecular formula is C12H12O2. The van der Waals surface area contributed by atoms with Crippen molar-refractivity contribution in [2.75, 3.05) is 0 Å². The lowest BCUT2D eigenvalue weighted by atomic mass is 10.1. The minimum atomic E-state index is -0.484. The van der Waals surface area contributed by atoms with Crippen LogP contribution in [0, 0.1) is 0 Å². The van der Waals surface area contributed by atoms with Crippen molar-refractivity contribution < 1.29 is 9.52 Å². The van der Waals surface area contributed by atoms with Crippen molar-refractivity contribution >= 4 is 0 Å². The molecule has 2 nitrogen and oxygen atoms in total. The Balaban J connectivity index is 2.07. The van der Waals surface area contributed by atoms with Crippen molar-refractivity contribution in [1.29, 1.82) is 0 Å². The minimum absolute atomic E-state index is 0.484. The maximum atomic E-state index is 9.83. The van der Waals surface area contributed by atoms with Gasteiger partial charge in [-0.05, 0) is 17.7 Å². The first-order chi connectivity index (χ1) is 6.86. The second-order valence-corrected chi connectivity index (χ2v) is 3.21. The van der Waals surface area contributed by atoms with Gasteiger partial charge in [0.05, 0.1) is 12.4 Å². The normalized spacial score (nSPS) is 12.6. The van der Waals surface area contributed by atoms with Gasteiger partial charge in [0, 0.05) is 6.42 Å². The molecule has 0 aliphatic rings. The lowest BCUT2D eigenvalue weighted by molar-refractivity contribution is 0.170. The van der Waals surface area contributed by atoms with Crippen molar-refractivity contribution in [3.63, 3.8) is 0 Å². The first-order valence-electron chi connectivity index (χ1n) is 4.61. The highest BCUT2D eigenvalue weighted by Gasteiger charge is 2.08. The Morgan fingerprint density at radius 3 is 2.50 bits per heavy atom. The summed E-state index contributed by atoms with van der Waals surface area (Å²) in [6.45, 7) is 0. The Morgan fingerprint density at radius 2 is 1.86 bits per heavy atom. The third-order valence-corrected chi connectivity index (χ3v) is 2.16. The van der Waals surface area contributed by atoms with E-state index in [0.717, 1.165) is 11.3 Å². The van der Waals surface area contributed by atoms with Gasteiger partial charge in [0.2, 0.25) is 0 Å². The standard InChI is InChI=1S/C12H12O2/c13-12(9-11-7-4-8-14-11)10-5-2-1-3-6-10/h1-8,12-13H,9H2/t12-/m1/s1. The second kappa shape index (κ2) is 4.11. The molecule has 0 spiro atoms. The monoisotopic (exact) mass is 188 g/mol. The highest BCUT2D eigenvalue weighted by molar-refractivity contribution is 5.18. The summed E-state index contributed by atoms with van der Waals surface area (Å²) in [4.78, 5) is 0. The third-order valence-electron chi connectivity index (χ3n) is 2.16. The van der Waals surface area contributed by atoms with Crippen LogP contribution in [0.3, 0.4) is 0 Å². The lowest BCUT2D eigenvalue weighted by Gasteiger charge is -2.08. The second-order valence-electron chi connectivity index (χ2n) is 3.21. The van der Waals surface area contributed by atoms with Crippen LogP contribution in [0.2, 0.25) is 0 Å². The number of aliphatic hydroxyl groups excluding tert-OH is 1. The van der Waals surface area contributed by atoms with Crippen LogP contribution >= 0.6 is 0 Å². The highest BCUT2D eigenvalue weighted by Crippen LogP contribution is 2.17. The number of furan rings is 1. The molecule has 0 saturated heterocycles. The molecule has 0 saturated carbocycles. The summed E-state index contributed by atoms with van der Waals surface area (Å²) in [6.07, 6.45) is 1.66. The van der Waals surface area contributed by atoms with Gasteiger partial charge in [-0.2, -0.15) is 0 Å². The predicted octanol–water partition coefficient (Wildman–Crippen LogP) is 2.56. The fourth-order valence-electron chi connectivity index (χ4n) is 1.41. The van der Waals surface area contributed by atoms with Gasteiger partial charge >= 0.3 is 0 Å². The zero-order valence-corrected chi connectivity index (χ0v) is 7.76. The maximum Gasteiger partial charge on any atom is 0.106 e. The highest BCUT2D eigenvalue weighted by atomic mass is 16.3. The number of hydrogen-bond donors (Lipinski definition) is 1. The van der Waals surface area contributed by atoms with E-state index >= 15 is 0 Å². The summed E-state index contributed by atoms with van der Waals surface area (Å²) in [5.41, 5.74) is 0.920. The number of benzene rings is 1. The molecule has 1 N–H and O–H groups in total. The van der Waals surface area contributed by atoms with Gasteiger partial charge in [-0.25, -0.2) is 0 Å². The molecule has 2 aromatic rings. The first kappa shape index (κ1) is 9.03. The maximum absolute atomic E-state index is 9.83. The van der Waals surface area contributed by atoms with Crippen LogP contribution in [0.5, 0.6) is 0 Å². The molecule has 1 aromatic heterocycles. The van der Waals surface area contributed by atoms with Gasteiger partial charge < -0.3 is 9.52 Å². The third kappa shape index (κ3) is 2.03. The summed E-state index contributed by atoms with van der Waals surface area (Å²) in [6, 6.07) is 13.3. The largest absolute Gasteiger partial charge is 0.469 e. The van der Waals surface area contributed by atoms with E-state index in [2.05, 4.69) is 0 Å². The predicted molar refractivity (Wildman–Crippen MR) is 53.8 cm³/mol. The molecule has 72 valence electrons. The molecule has 2 rings (SSSR count). The summed E-state index contributed by atoms with van der Waals surface area (Å²) in [5, 5.41) is 9.83. The molecule has 0 radical (unpaired) electrons. The summed E-state index contributed by atoms with van der Waals surface area (Å²) >= 11 is 0. The molecular weight excluding hydrogens is 176 g/mol. The number of aliphatic hydroxyl groups is 1.